The Labute approximate surface area is 92.6 Å². The van der Waals surface area contributed by atoms with Crippen molar-refractivity contribution in [1.82, 2.24) is 0 Å². The Morgan fingerprint density at radius 2 is 2.31 bits per heavy atom. The maximum absolute atomic E-state index is 10.7. The van der Waals surface area contributed by atoms with Crippen LogP contribution < -0.4 is 5.32 Å². The summed E-state index contributed by atoms with van der Waals surface area (Å²) >= 11 is 0. The average molecular weight is 220 g/mol. The number of hydrogen-bond acceptors (Lipinski definition) is 4. The molecule has 1 aromatic carbocycles. The van der Waals surface area contributed by atoms with Crippen molar-refractivity contribution in [2.45, 2.75) is 25.3 Å². The molecule has 1 atom stereocenters. The van der Waals surface area contributed by atoms with Gasteiger partial charge in [-0.15, -0.1) is 0 Å². The predicted octanol–water partition coefficient (Wildman–Crippen LogP) is 1.91. The molecule has 0 radical (unpaired) electrons. The highest BCUT2D eigenvalue weighted by molar-refractivity contribution is 5.67. The topological polar surface area (TPSA) is 72.2 Å². The van der Waals surface area contributed by atoms with Gasteiger partial charge >= 0.3 is 0 Å². The van der Waals surface area contributed by atoms with Crippen LogP contribution in [0, 0.1) is 10.1 Å². The molecule has 1 N–H and O–H groups in total. The minimum absolute atomic E-state index is 0.102. The van der Waals surface area contributed by atoms with Crippen LogP contribution in [0.25, 0.3) is 0 Å². The molecule has 1 unspecified atom stereocenters. The largest absolute Gasteiger partial charge is 0.375 e. The molecule has 1 heterocycles. The molecule has 16 heavy (non-hydrogen) atoms. The SMILES string of the molecule is O=CC1CCCc2cc([N+](=O)[O-])ccc2N1. The summed E-state index contributed by atoms with van der Waals surface area (Å²) in [6, 6.07) is 4.53. The maximum Gasteiger partial charge on any atom is 0.269 e. The Bertz CT molecular complexity index is 431. The van der Waals surface area contributed by atoms with Gasteiger partial charge < -0.3 is 10.1 Å². The summed E-state index contributed by atoms with van der Waals surface area (Å²) in [6.07, 6.45) is 3.29. The van der Waals surface area contributed by atoms with Crippen LogP contribution in [0.3, 0.4) is 0 Å². The van der Waals surface area contributed by atoms with E-state index >= 15 is 0 Å². The van der Waals surface area contributed by atoms with E-state index in [1.807, 2.05) is 0 Å². The lowest BCUT2D eigenvalue weighted by molar-refractivity contribution is -0.384. The Kier molecular flexibility index (Phi) is 2.85. The molecule has 0 aliphatic carbocycles. The van der Waals surface area contributed by atoms with E-state index in [9.17, 15) is 14.9 Å². The van der Waals surface area contributed by atoms with Crippen LogP contribution in [0.5, 0.6) is 0 Å². The van der Waals surface area contributed by atoms with Gasteiger partial charge in [0.15, 0.2) is 0 Å². The van der Waals surface area contributed by atoms with Gasteiger partial charge in [0.05, 0.1) is 11.0 Å². The number of aldehydes is 1. The van der Waals surface area contributed by atoms with Crippen LogP contribution >= 0.6 is 0 Å². The summed E-state index contributed by atoms with van der Waals surface area (Å²) in [6.45, 7) is 0. The lowest BCUT2D eigenvalue weighted by Crippen LogP contribution is -2.19. The summed E-state index contributed by atoms with van der Waals surface area (Å²) in [5.74, 6) is 0. The second kappa shape index (κ2) is 4.30. The monoisotopic (exact) mass is 220 g/mol. The number of benzene rings is 1. The number of carbonyl (C=O) groups excluding carboxylic acids is 1. The molecule has 0 amide bonds. The van der Waals surface area contributed by atoms with Gasteiger partial charge in [0.2, 0.25) is 0 Å². The smallest absolute Gasteiger partial charge is 0.269 e. The number of hydrogen-bond donors (Lipinski definition) is 1. The molecule has 5 heteroatoms. The molecule has 1 aromatic rings. The fourth-order valence-electron chi connectivity index (χ4n) is 1.93. The highest BCUT2D eigenvalue weighted by atomic mass is 16.6. The number of nitrogens with zero attached hydrogens (tertiary/aromatic N) is 1. The van der Waals surface area contributed by atoms with Gasteiger partial charge in [-0.25, -0.2) is 0 Å². The molecule has 2 rings (SSSR count). The fraction of sp³-hybridized carbons (Fsp3) is 0.364. The van der Waals surface area contributed by atoms with Gasteiger partial charge in [-0.3, -0.25) is 10.1 Å². The summed E-state index contributed by atoms with van der Waals surface area (Å²) in [4.78, 5) is 20.9. The molecule has 0 fully saturated rings. The molecule has 0 spiro atoms. The molecule has 84 valence electrons. The summed E-state index contributed by atoms with van der Waals surface area (Å²) in [5, 5.41) is 13.7. The zero-order valence-electron chi connectivity index (χ0n) is 8.68. The quantitative estimate of drug-likeness (QED) is 0.469. The number of rotatable bonds is 2. The van der Waals surface area contributed by atoms with Crippen LogP contribution in [-0.4, -0.2) is 17.3 Å². The third kappa shape index (κ3) is 2.03. The first-order valence-corrected chi connectivity index (χ1v) is 5.20. The zero-order valence-corrected chi connectivity index (χ0v) is 8.68. The lowest BCUT2D eigenvalue weighted by Gasteiger charge is -2.11. The number of nitrogens with one attached hydrogen (secondary N) is 1. The van der Waals surface area contributed by atoms with E-state index < -0.39 is 4.92 Å². The average Bonchev–Trinajstić information content (AvgIpc) is 2.49. The van der Waals surface area contributed by atoms with Crippen molar-refractivity contribution in [2.75, 3.05) is 5.32 Å². The van der Waals surface area contributed by atoms with Crippen molar-refractivity contribution in [3.8, 4) is 0 Å². The first-order valence-electron chi connectivity index (χ1n) is 5.20. The lowest BCUT2D eigenvalue weighted by atomic mass is 10.1. The van der Waals surface area contributed by atoms with Crippen molar-refractivity contribution in [2.24, 2.45) is 0 Å². The third-order valence-corrected chi connectivity index (χ3v) is 2.77. The van der Waals surface area contributed by atoms with Gasteiger partial charge in [-0.2, -0.15) is 0 Å². The molecule has 0 aromatic heterocycles. The van der Waals surface area contributed by atoms with Gasteiger partial charge in [0, 0.05) is 17.8 Å². The molecule has 0 saturated heterocycles. The molecule has 5 nitrogen and oxygen atoms in total. The summed E-state index contributed by atoms with van der Waals surface area (Å²) in [7, 11) is 0. The maximum atomic E-state index is 10.7. The van der Waals surface area contributed by atoms with Crippen LogP contribution in [0.4, 0.5) is 11.4 Å². The van der Waals surface area contributed by atoms with Gasteiger partial charge in [-0.1, -0.05) is 0 Å². The highest BCUT2D eigenvalue weighted by Crippen LogP contribution is 2.27. The molecular weight excluding hydrogens is 208 g/mol. The van der Waals surface area contributed by atoms with Gasteiger partial charge in [-0.05, 0) is 30.9 Å². The highest BCUT2D eigenvalue weighted by Gasteiger charge is 2.17. The first kappa shape index (κ1) is 10.6. The summed E-state index contributed by atoms with van der Waals surface area (Å²) < 4.78 is 0. The molecular formula is C11H12N2O3. The van der Waals surface area contributed by atoms with Gasteiger partial charge in [0.1, 0.15) is 6.29 Å². The van der Waals surface area contributed by atoms with Crippen molar-refractivity contribution in [1.29, 1.82) is 0 Å². The number of anilines is 1. The minimum Gasteiger partial charge on any atom is -0.375 e. The number of aryl methyl sites for hydroxylation is 1. The second-order valence-corrected chi connectivity index (χ2v) is 3.88. The molecule has 0 bridgehead atoms. The number of fused-ring (bicyclic) bond motifs is 1. The second-order valence-electron chi connectivity index (χ2n) is 3.88. The number of nitro groups is 1. The van der Waals surface area contributed by atoms with E-state index in [-0.39, 0.29) is 11.7 Å². The van der Waals surface area contributed by atoms with Crippen molar-refractivity contribution >= 4 is 17.7 Å². The van der Waals surface area contributed by atoms with Crippen molar-refractivity contribution in [3.63, 3.8) is 0 Å². The van der Waals surface area contributed by atoms with Crippen molar-refractivity contribution < 1.29 is 9.72 Å². The standard InChI is InChI=1S/C11H12N2O3/c14-7-9-3-1-2-8-6-10(13(15)16)4-5-11(8)12-9/h4-7,9,12H,1-3H2. The van der Waals surface area contributed by atoms with Crippen molar-refractivity contribution in [3.05, 3.63) is 33.9 Å². The Hall–Kier alpha value is -1.91. The Balaban J connectivity index is 2.33. The van der Waals surface area contributed by atoms with E-state index in [2.05, 4.69) is 5.32 Å². The Morgan fingerprint density at radius 1 is 1.50 bits per heavy atom. The van der Waals surface area contributed by atoms with E-state index in [1.165, 1.54) is 6.07 Å². The van der Waals surface area contributed by atoms with E-state index in [0.29, 0.717) is 0 Å². The Morgan fingerprint density at radius 3 is 3.00 bits per heavy atom. The summed E-state index contributed by atoms with van der Waals surface area (Å²) in [5.41, 5.74) is 1.85. The number of nitro benzene ring substituents is 1. The van der Waals surface area contributed by atoms with Crippen LogP contribution in [-0.2, 0) is 11.2 Å². The van der Waals surface area contributed by atoms with Crippen LogP contribution in [0.15, 0.2) is 18.2 Å². The molecule has 1 aliphatic rings. The fourth-order valence-corrected chi connectivity index (χ4v) is 1.93. The van der Waals surface area contributed by atoms with E-state index in [1.54, 1.807) is 12.1 Å². The number of non-ortho nitro benzene ring substituents is 1. The number of carbonyl (C=O) groups is 1. The van der Waals surface area contributed by atoms with E-state index in [4.69, 9.17) is 0 Å². The molecule has 0 saturated carbocycles. The van der Waals surface area contributed by atoms with Crippen LogP contribution in [0.1, 0.15) is 18.4 Å². The third-order valence-electron chi connectivity index (χ3n) is 2.77. The molecule has 1 aliphatic heterocycles. The first-order chi connectivity index (χ1) is 7.70. The van der Waals surface area contributed by atoms with Gasteiger partial charge in [0.25, 0.3) is 5.69 Å². The minimum atomic E-state index is -0.400. The predicted molar refractivity (Wildman–Crippen MR) is 59.5 cm³/mol. The normalized spacial score (nSPS) is 19.1. The zero-order chi connectivity index (χ0) is 11.5. The van der Waals surface area contributed by atoms with Crippen LogP contribution in [0.2, 0.25) is 0 Å². The van der Waals surface area contributed by atoms with E-state index in [0.717, 1.165) is 36.8 Å².